The number of ether oxygens (including phenoxy) is 5. The topological polar surface area (TPSA) is 49.4 Å². The summed E-state index contributed by atoms with van der Waals surface area (Å²) in [4.78, 5) is 2.31. The fourth-order valence-corrected chi connectivity index (χ4v) is 3.76. The van der Waals surface area contributed by atoms with Crippen LogP contribution in [0.15, 0.2) is 24.3 Å². The third kappa shape index (κ3) is 3.37. The van der Waals surface area contributed by atoms with Crippen LogP contribution in [-0.4, -0.2) is 54.0 Å². The van der Waals surface area contributed by atoms with E-state index in [4.69, 9.17) is 23.7 Å². The molecule has 1 aliphatic rings. The van der Waals surface area contributed by atoms with Crippen LogP contribution in [0.25, 0.3) is 0 Å². The van der Waals surface area contributed by atoms with E-state index in [0.717, 1.165) is 30.0 Å². The molecule has 0 radical (unpaired) electrons. The number of benzene rings is 2. The molecule has 0 saturated carbocycles. The molecule has 6 heteroatoms. The number of methoxy groups -OCH3 is 5. The van der Waals surface area contributed by atoms with Crippen molar-refractivity contribution in [3.05, 3.63) is 41.0 Å². The number of hydrogen-bond acceptors (Lipinski definition) is 6. The minimum atomic E-state index is 0.0438. The molecular formula is C21H27NO5. The van der Waals surface area contributed by atoms with Gasteiger partial charge in [-0.05, 0) is 54.4 Å². The van der Waals surface area contributed by atoms with Crippen molar-refractivity contribution in [1.82, 2.24) is 4.90 Å². The average Bonchev–Trinajstić information content (AvgIpc) is 2.71. The second-order valence-corrected chi connectivity index (χ2v) is 6.50. The summed E-state index contributed by atoms with van der Waals surface area (Å²) < 4.78 is 27.6. The molecule has 0 bridgehead atoms. The molecule has 0 aromatic heterocycles. The van der Waals surface area contributed by atoms with Gasteiger partial charge in [-0.1, -0.05) is 0 Å². The van der Waals surface area contributed by atoms with E-state index in [1.165, 1.54) is 11.1 Å². The molecule has 3 rings (SSSR count). The maximum atomic E-state index is 5.55. The van der Waals surface area contributed by atoms with Crippen LogP contribution in [0.3, 0.4) is 0 Å². The molecule has 0 saturated heterocycles. The lowest BCUT2D eigenvalue weighted by Crippen LogP contribution is -2.33. The molecule has 1 atom stereocenters. The minimum Gasteiger partial charge on any atom is -0.493 e. The Morgan fingerprint density at radius 3 is 1.81 bits per heavy atom. The van der Waals surface area contributed by atoms with Gasteiger partial charge in [-0.2, -0.15) is 0 Å². The second kappa shape index (κ2) is 7.96. The van der Waals surface area contributed by atoms with Crippen molar-refractivity contribution in [3.63, 3.8) is 0 Å². The highest BCUT2D eigenvalue weighted by Gasteiger charge is 2.30. The largest absolute Gasteiger partial charge is 0.493 e. The number of rotatable bonds is 6. The van der Waals surface area contributed by atoms with Gasteiger partial charge in [0.25, 0.3) is 0 Å². The Kier molecular flexibility index (Phi) is 5.65. The minimum absolute atomic E-state index is 0.0438. The molecule has 27 heavy (non-hydrogen) atoms. The zero-order valence-electron chi connectivity index (χ0n) is 16.8. The van der Waals surface area contributed by atoms with Crippen LogP contribution in [-0.2, 0) is 6.42 Å². The number of fused-ring (bicyclic) bond motifs is 1. The molecule has 0 unspecified atom stereocenters. The summed E-state index contributed by atoms with van der Waals surface area (Å²) in [5, 5.41) is 0. The zero-order chi connectivity index (χ0) is 19.6. The van der Waals surface area contributed by atoms with Gasteiger partial charge < -0.3 is 23.7 Å². The van der Waals surface area contributed by atoms with Gasteiger partial charge >= 0.3 is 0 Å². The Morgan fingerprint density at radius 1 is 0.741 bits per heavy atom. The third-order valence-electron chi connectivity index (χ3n) is 5.12. The monoisotopic (exact) mass is 373 g/mol. The summed E-state index contributed by atoms with van der Waals surface area (Å²) in [6.45, 7) is 0.934. The molecule has 146 valence electrons. The molecule has 0 N–H and O–H groups in total. The maximum absolute atomic E-state index is 5.55. The Bertz CT molecular complexity index is 795. The molecular weight excluding hydrogens is 346 g/mol. The lowest BCUT2D eigenvalue weighted by molar-refractivity contribution is 0.260. The summed E-state index contributed by atoms with van der Waals surface area (Å²) in [5.74, 6) is 3.36. The fourth-order valence-electron chi connectivity index (χ4n) is 3.76. The number of nitrogens with zero attached hydrogens (tertiary/aromatic N) is 1. The standard InChI is InChI=1S/C21H27NO5/c1-22-8-7-13-9-16(23-2)17(24-3)12-15(13)20(22)14-10-18(25-4)21(27-6)19(11-14)26-5/h9-12,20H,7-8H2,1-6H3/t20-/m1/s1. The maximum Gasteiger partial charge on any atom is 0.203 e. The van der Waals surface area contributed by atoms with E-state index in [1.54, 1.807) is 35.5 Å². The fraction of sp³-hybridized carbons (Fsp3) is 0.429. The molecule has 6 nitrogen and oxygen atoms in total. The van der Waals surface area contributed by atoms with Gasteiger partial charge in [-0.3, -0.25) is 4.90 Å². The first-order chi connectivity index (χ1) is 13.1. The first-order valence-electron chi connectivity index (χ1n) is 8.82. The second-order valence-electron chi connectivity index (χ2n) is 6.50. The van der Waals surface area contributed by atoms with Gasteiger partial charge in [0.15, 0.2) is 23.0 Å². The van der Waals surface area contributed by atoms with E-state index < -0.39 is 0 Å². The molecule has 0 spiro atoms. The van der Waals surface area contributed by atoms with E-state index in [-0.39, 0.29) is 6.04 Å². The van der Waals surface area contributed by atoms with Crippen molar-refractivity contribution < 1.29 is 23.7 Å². The van der Waals surface area contributed by atoms with Gasteiger partial charge in [-0.25, -0.2) is 0 Å². The van der Waals surface area contributed by atoms with Crippen molar-refractivity contribution in [2.75, 3.05) is 49.1 Å². The lowest BCUT2D eigenvalue weighted by Gasteiger charge is -2.36. The third-order valence-corrected chi connectivity index (χ3v) is 5.12. The molecule has 0 aliphatic carbocycles. The smallest absolute Gasteiger partial charge is 0.203 e. The van der Waals surface area contributed by atoms with Crippen LogP contribution in [0.5, 0.6) is 28.7 Å². The first-order valence-corrected chi connectivity index (χ1v) is 8.82. The first kappa shape index (κ1) is 19.2. The molecule has 1 heterocycles. The summed E-state index contributed by atoms with van der Waals surface area (Å²) in [5.41, 5.74) is 3.51. The Labute approximate surface area is 160 Å². The van der Waals surface area contributed by atoms with E-state index >= 15 is 0 Å². The van der Waals surface area contributed by atoms with Crippen molar-refractivity contribution in [2.24, 2.45) is 0 Å². The average molecular weight is 373 g/mol. The summed E-state index contributed by atoms with van der Waals surface area (Å²) in [6, 6.07) is 8.20. The van der Waals surface area contributed by atoms with E-state index in [1.807, 2.05) is 12.1 Å². The van der Waals surface area contributed by atoms with Crippen LogP contribution >= 0.6 is 0 Å². The van der Waals surface area contributed by atoms with Gasteiger partial charge in [-0.15, -0.1) is 0 Å². The predicted molar refractivity (Wildman–Crippen MR) is 104 cm³/mol. The van der Waals surface area contributed by atoms with Crippen molar-refractivity contribution >= 4 is 0 Å². The molecule has 0 amide bonds. The predicted octanol–water partition coefficient (Wildman–Crippen LogP) is 3.31. The number of hydrogen-bond donors (Lipinski definition) is 0. The van der Waals surface area contributed by atoms with Gasteiger partial charge in [0.2, 0.25) is 5.75 Å². The van der Waals surface area contributed by atoms with Gasteiger partial charge in [0.1, 0.15) is 0 Å². The molecule has 1 aliphatic heterocycles. The quantitative estimate of drug-likeness (QED) is 0.774. The van der Waals surface area contributed by atoms with Crippen LogP contribution in [0.1, 0.15) is 22.7 Å². The molecule has 0 fully saturated rings. The number of likely N-dealkylation sites (N-methyl/N-ethyl adjacent to an activating group) is 1. The van der Waals surface area contributed by atoms with E-state index in [9.17, 15) is 0 Å². The van der Waals surface area contributed by atoms with Crippen LogP contribution in [0.4, 0.5) is 0 Å². The van der Waals surface area contributed by atoms with Crippen molar-refractivity contribution in [2.45, 2.75) is 12.5 Å². The summed E-state index contributed by atoms with van der Waals surface area (Å²) >= 11 is 0. The normalized spacial score (nSPS) is 16.4. The highest BCUT2D eigenvalue weighted by molar-refractivity contribution is 5.57. The highest BCUT2D eigenvalue weighted by Crippen LogP contribution is 2.45. The molecule has 2 aromatic rings. The van der Waals surface area contributed by atoms with E-state index in [0.29, 0.717) is 17.2 Å². The summed E-state index contributed by atoms with van der Waals surface area (Å²) in [7, 11) is 10.3. The lowest BCUT2D eigenvalue weighted by atomic mass is 9.87. The van der Waals surface area contributed by atoms with Crippen molar-refractivity contribution in [3.8, 4) is 28.7 Å². The van der Waals surface area contributed by atoms with Crippen LogP contribution < -0.4 is 23.7 Å². The Balaban J connectivity index is 2.18. The van der Waals surface area contributed by atoms with E-state index in [2.05, 4.69) is 24.1 Å². The van der Waals surface area contributed by atoms with Gasteiger partial charge in [0, 0.05) is 6.54 Å². The molecule has 2 aromatic carbocycles. The highest BCUT2D eigenvalue weighted by atomic mass is 16.5. The SMILES string of the molecule is COc1cc2c(cc1OC)[C@@H](c1cc(OC)c(OC)c(OC)c1)N(C)CC2. The van der Waals surface area contributed by atoms with Crippen LogP contribution in [0, 0.1) is 0 Å². The zero-order valence-corrected chi connectivity index (χ0v) is 16.8. The summed E-state index contributed by atoms with van der Waals surface area (Å²) in [6.07, 6.45) is 0.952. The Morgan fingerprint density at radius 2 is 1.30 bits per heavy atom. The Hall–Kier alpha value is -2.60. The van der Waals surface area contributed by atoms with Gasteiger partial charge in [0.05, 0.1) is 41.6 Å². The van der Waals surface area contributed by atoms with Crippen molar-refractivity contribution in [1.29, 1.82) is 0 Å². The van der Waals surface area contributed by atoms with Crippen LogP contribution in [0.2, 0.25) is 0 Å².